The molecule has 134 valence electrons. The summed E-state index contributed by atoms with van der Waals surface area (Å²) in [5.74, 6) is -0.113. The Kier molecular flexibility index (Phi) is 6.34. The van der Waals surface area contributed by atoms with Gasteiger partial charge < -0.3 is 15.4 Å². The van der Waals surface area contributed by atoms with E-state index >= 15 is 0 Å². The van der Waals surface area contributed by atoms with Crippen molar-refractivity contribution in [1.82, 2.24) is 10.0 Å². The molecule has 24 heavy (non-hydrogen) atoms. The third kappa shape index (κ3) is 4.76. The number of sulfonamides is 1. The van der Waals surface area contributed by atoms with Gasteiger partial charge in [-0.3, -0.25) is 4.79 Å². The normalized spacial score (nSPS) is 20.9. The molecule has 0 aromatic heterocycles. The molecule has 1 aromatic rings. The van der Waals surface area contributed by atoms with E-state index in [0.717, 1.165) is 19.4 Å². The van der Waals surface area contributed by atoms with Gasteiger partial charge in [0.15, 0.2) is 0 Å². The molecule has 0 aliphatic carbocycles. The molecule has 7 nitrogen and oxygen atoms in total. The fourth-order valence-corrected chi connectivity index (χ4v) is 3.88. The summed E-state index contributed by atoms with van der Waals surface area (Å²) in [6.07, 6.45) is 2.23. The molecular weight excluding hydrogens is 330 g/mol. The summed E-state index contributed by atoms with van der Waals surface area (Å²) in [6.45, 7) is 3.34. The van der Waals surface area contributed by atoms with Gasteiger partial charge in [-0.2, -0.15) is 0 Å². The van der Waals surface area contributed by atoms with Crippen LogP contribution in [0.15, 0.2) is 29.2 Å². The predicted molar refractivity (Wildman–Crippen MR) is 92.4 cm³/mol. The van der Waals surface area contributed by atoms with Gasteiger partial charge in [0, 0.05) is 25.8 Å². The van der Waals surface area contributed by atoms with Crippen LogP contribution in [0.25, 0.3) is 0 Å². The number of rotatable bonds is 8. The van der Waals surface area contributed by atoms with Crippen LogP contribution in [-0.4, -0.2) is 46.7 Å². The summed E-state index contributed by atoms with van der Waals surface area (Å²) in [6, 6.07) is 6.14. The van der Waals surface area contributed by atoms with E-state index in [1.807, 2.05) is 0 Å². The van der Waals surface area contributed by atoms with Crippen molar-refractivity contribution in [3.05, 3.63) is 24.3 Å². The Morgan fingerprint density at radius 3 is 2.58 bits per heavy atom. The fourth-order valence-electron chi connectivity index (χ4n) is 2.75. The average Bonchev–Trinajstić information content (AvgIpc) is 3.03. The van der Waals surface area contributed by atoms with Crippen LogP contribution in [0.2, 0.25) is 0 Å². The first kappa shape index (κ1) is 18.9. The number of ether oxygens (including phenoxy) is 1. The minimum absolute atomic E-state index is 0.113. The van der Waals surface area contributed by atoms with Crippen molar-refractivity contribution < 1.29 is 17.9 Å². The lowest BCUT2D eigenvalue weighted by Gasteiger charge is -2.28. The SMILES string of the molecule is CCC(=O)Nc1ccc(S(=O)(=O)NCC2(COC)CCCN2)cc1. The van der Waals surface area contributed by atoms with Crippen LogP contribution in [0.4, 0.5) is 5.69 Å². The Morgan fingerprint density at radius 2 is 2.04 bits per heavy atom. The molecule has 0 spiro atoms. The van der Waals surface area contributed by atoms with Gasteiger partial charge in [-0.25, -0.2) is 13.1 Å². The van der Waals surface area contributed by atoms with E-state index in [1.165, 1.54) is 12.1 Å². The summed E-state index contributed by atoms with van der Waals surface area (Å²) >= 11 is 0. The Bertz CT molecular complexity index is 652. The Balaban J connectivity index is 2.03. The zero-order chi connectivity index (χ0) is 17.6. The summed E-state index contributed by atoms with van der Waals surface area (Å²) in [7, 11) is -2.00. The lowest BCUT2D eigenvalue weighted by atomic mass is 9.99. The van der Waals surface area contributed by atoms with Gasteiger partial charge in [-0.1, -0.05) is 6.92 Å². The number of amides is 1. The van der Waals surface area contributed by atoms with Gasteiger partial charge in [0.1, 0.15) is 0 Å². The second-order valence-electron chi connectivity index (χ2n) is 5.99. The molecule has 1 aromatic carbocycles. The highest BCUT2D eigenvalue weighted by Gasteiger charge is 2.34. The van der Waals surface area contributed by atoms with Crippen LogP contribution in [0.5, 0.6) is 0 Å². The van der Waals surface area contributed by atoms with Gasteiger partial charge in [0.2, 0.25) is 15.9 Å². The van der Waals surface area contributed by atoms with Gasteiger partial charge in [-0.05, 0) is 43.7 Å². The monoisotopic (exact) mass is 355 g/mol. The maximum atomic E-state index is 12.5. The van der Waals surface area contributed by atoms with Crippen LogP contribution in [-0.2, 0) is 19.6 Å². The summed E-state index contributed by atoms with van der Waals surface area (Å²) in [5.41, 5.74) is 0.228. The molecule has 1 saturated heterocycles. The molecule has 1 heterocycles. The molecular formula is C16H25N3O4S. The van der Waals surface area contributed by atoms with E-state index < -0.39 is 10.0 Å². The first-order chi connectivity index (χ1) is 11.4. The van der Waals surface area contributed by atoms with Crippen molar-refractivity contribution >= 4 is 21.6 Å². The van der Waals surface area contributed by atoms with Crippen molar-refractivity contribution in [2.24, 2.45) is 0 Å². The van der Waals surface area contributed by atoms with Crippen molar-refractivity contribution in [2.45, 2.75) is 36.6 Å². The summed E-state index contributed by atoms with van der Waals surface area (Å²) in [4.78, 5) is 11.5. The molecule has 1 aliphatic heterocycles. The van der Waals surface area contributed by atoms with Crippen molar-refractivity contribution in [2.75, 3.05) is 32.1 Å². The van der Waals surface area contributed by atoms with E-state index in [1.54, 1.807) is 26.2 Å². The van der Waals surface area contributed by atoms with E-state index in [0.29, 0.717) is 18.7 Å². The standard InChI is InChI=1S/C16H25N3O4S/c1-3-15(20)19-13-5-7-14(8-6-13)24(21,22)18-11-16(12-23-2)9-4-10-17-16/h5-8,17-18H,3-4,9-12H2,1-2H3,(H,19,20). The van der Waals surface area contributed by atoms with Gasteiger partial charge in [-0.15, -0.1) is 0 Å². The molecule has 1 aliphatic rings. The zero-order valence-corrected chi connectivity index (χ0v) is 14.9. The molecule has 0 radical (unpaired) electrons. The Morgan fingerprint density at radius 1 is 1.33 bits per heavy atom. The van der Waals surface area contributed by atoms with E-state index in [-0.39, 0.29) is 22.9 Å². The Labute approximate surface area is 143 Å². The molecule has 1 unspecified atom stereocenters. The number of carbonyl (C=O) groups excluding carboxylic acids is 1. The molecule has 1 atom stereocenters. The second kappa shape index (κ2) is 8.06. The van der Waals surface area contributed by atoms with Gasteiger partial charge in [0.05, 0.1) is 17.0 Å². The molecule has 0 bridgehead atoms. The van der Waals surface area contributed by atoms with E-state index in [4.69, 9.17) is 4.74 Å². The van der Waals surface area contributed by atoms with Crippen LogP contribution < -0.4 is 15.4 Å². The van der Waals surface area contributed by atoms with E-state index in [2.05, 4.69) is 15.4 Å². The summed E-state index contributed by atoms with van der Waals surface area (Å²) < 4.78 is 32.8. The van der Waals surface area contributed by atoms with Crippen LogP contribution >= 0.6 is 0 Å². The first-order valence-corrected chi connectivity index (χ1v) is 9.53. The Hall–Kier alpha value is -1.48. The second-order valence-corrected chi connectivity index (χ2v) is 7.76. The van der Waals surface area contributed by atoms with Crippen LogP contribution in [0, 0.1) is 0 Å². The topological polar surface area (TPSA) is 96.5 Å². The number of nitrogens with one attached hydrogen (secondary N) is 3. The largest absolute Gasteiger partial charge is 0.383 e. The molecule has 2 rings (SSSR count). The van der Waals surface area contributed by atoms with Crippen molar-refractivity contribution in [3.8, 4) is 0 Å². The highest BCUT2D eigenvalue weighted by atomic mass is 32.2. The van der Waals surface area contributed by atoms with Crippen LogP contribution in [0.3, 0.4) is 0 Å². The molecule has 0 saturated carbocycles. The maximum Gasteiger partial charge on any atom is 0.240 e. The molecule has 1 amide bonds. The maximum absolute atomic E-state index is 12.5. The molecule has 1 fully saturated rings. The number of methoxy groups -OCH3 is 1. The average molecular weight is 355 g/mol. The lowest BCUT2D eigenvalue weighted by Crippen LogP contribution is -2.52. The summed E-state index contributed by atoms with van der Waals surface area (Å²) in [5, 5.41) is 6.02. The van der Waals surface area contributed by atoms with Crippen LogP contribution in [0.1, 0.15) is 26.2 Å². The first-order valence-electron chi connectivity index (χ1n) is 8.04. The smallest absolute Gasteiger partial charge is 0.240 e. The quantitative estimate of drug-likeness (QED) is 0.648. The number of benzene rings is 1. The number of hydrogen-bond acceptors (Lipinski definition) is 5. The molecule has 3 N–H and O–H groups in total. The number of anilines is 1. The minimum Gasteiger partial charge on any atom is -0.383 e. The third-order valence-electron chi connectivity index (χ3n) is 4.12. The lowest BCUT2D eigenvalue weighted by molar-refractivity contribution is -0.115. The highest BCUT2D eigenvalue weighted by Crippen LogP contribution is 2.20. The highest BCUT2D eigenvalue weighted by molar-refractivity contribution is 7.89. The number of carbonyl (C=O) groups is 1. The fraction of sp³-hybridized carbons (Fsp3) is 0.562. The van der Waals surface area contributed by atoms with Crippen molar-refractivity contribution in [3.63, 3.8) is 0 Å². The van der Waals surface area contributed by atoms with Gasteiger partial charge in [0.25, 0.3) is 0 Å². The molecule has 8 heteroatoms. The van der Waals surface area contributed by atoms with Crippen molar-refractivity contribution in [1.29, 1.82) is 0 Å². The minimum atomic E-state index is -3.61. The number of hydrogen-bond donors (Lipinski definition) is 3. The zero-order valence-electron chi connectivity index (χ0n) is 14.1. The third-order valence-corrected chi connectivity index (χ3v) is 5.54. The van der Waals surface area contributed by atoms with Gasteiger partial charge >= 0.3 is 0 Å². The van der Waals surface area contributed by atoms with E-state index in [9.17, 15) is 13.2 Å². The predicted octanol–water partition coefficient (Wildman–Crippen LogP) is 1.08.